The van der Waals surface area contributed by atoms with Gasteiger partial charge in [-0.25, -0.2) is 4.79 Å². The Morgan fingerprint density at radius 2 is 1.12 bits per heavy atom. The zero-order valence-electron chi connectivity index (χ0n) is 14.3. The summed E-state index contributed by atoms with van der Waals surface area (Å²) in [5.41, 5.74) is 2.05. The molecule has 3 rings (SSSR count). The third kappa shape index (κ3) is 5.67. The molecule has 3 aromatic carbocycles. The molecule has 0 unspecified atom stereocenters. The molecule has 26 heavy (non-hydrogen) atoms. The van der Waals surface area contributed by atoms with E-state index in [0.717, 1.165) is 16.9 Å². The van der Waals surface area contributed by atoms with Gasteiger partial charge >= 0.3 is 5.97 Å². The summed E-state index contributed by atoms with van der Waals surface area (Å²) in [4.78, 5) is 11.7. The van der Waals surface area contributed by atoms with E-state index in [1.165, 1.54) is 0 Å². The molecule has 0 spiro atoms. The number of esters is 1. The van der Waals surface area contributed by atoms with E-state index in [2.05, 4.69) is 0 Å². The number of rotatable bonds is 8. The molecular formula is C22H20O4. The van der Waals surface area contributed by atoms with Crippen LogP contribution in [-0.4, -0.2) is 12.6 Å². The molecule has 4 heteroatoms. The molecule has 132 valence electrons. The highest BCUT2D eigenvalue weighted by molar-refractivity contribution is 5.71. The van der Waals surface area contributed by atoms with Crippen LogP contribution in [0, 0.1) is 0 Å². The summed E-state index contributed by atoms with van der Waals surface area (Å²) in [6.45, 7) is 0.624. The molecule has 0 fully saturated rings. The van der Waals surface area contributed by atoms with Crippen LogP contribution in [0.25, 0.3) is 0 Å². The maximum absolute atomic E-state index is 11.7. The Balaban J connectivity index is 1.40. The standard InChI is InChI=1S/C22H20O4/c23-22(26-16-19-9-5-2-6-10-19)17-25-21-13-11-20(12-14-21)24-15-18-7-3-1-4-8-18/h1-14H,15-17H2. The Labute approximate surface area is 153 Å². The van der Waals surface area contributed by atoms with Crippen molar-refractivity contribution in [1.82, 2.24) is 0 Å². The molecule has 0 bridgehead atoms. The van der Waals surface area contributed by atoms with Crippen LogP contribution in [-0.2, 0) is 22.7 Å². The highest BCUT2D eigenvalue weighted by Gasteiger charge is 2.05. The lowest BCUT2D eigenvalue weighted by Crippen LogP contribution is -2.14. The van der Waals surface area contributed by atoms with E-state index < -0.39 is 5.97 Å². The predicted molar refractivity (Wildman–Crippen MR) is 98.9 cm³/mol. The minimum Gasteiger partial charge on any atom is -0.489 e. The van der Waals surface area contributed by atoms with Crippen LogP contribution in [0.3, 0.4) is 0 Å². The molecule has 4 nitrogen and oxygen atoms in total. The molecule has 0 atom stereocenters. The predicted octanol–water partition coefficient (Wildman–Crippen LogP) is 4.39. The summed E-state index contributed by atoms with van der Waals surface area (Å²) in [7, 11) is 0. The van der Waals surface area contributed by atoms with E-state index >= 15 is 0 Å². The first kappa shape index (κ1) is 17.5. The van der Waals surface area contributed by atoms with Gasteiger partial charge in [-0.3, -0.25) is 0 Å². The number of carbonyl (C=O) groups is 1. The maximum atomic E-state index is 11.7. The first-order chi connectivity index (χ1) is 12.8. The average Bonchev–Trinajstić information content (AvgIpc) is 2.71. The van der Waals surface area contributed by atoms with Crippen LogP contribution >= 0.6 is 0 Å². The van der Waals surface area contributed by atoms with Crippen LogP contribution in [0.1, 0.15) is 11.1 Å². The average molecular weight is 348 g/mol. The Hall–Kier alpha value is -3.27. The van der Waals surface area contributed by atoms with Gasteiger partial charge in [0.25, 0.3) is 0 Å². The van der Waals surface area contributed by atoms with Crippen molar-refractivity contribution in [2.45, 2.75) is 13.2 Å². The van der Waals surface area contributed by atoms with Crippen molar-refractivity contribution < 1.29 is 19.0 Å². The SMILES string of the molecule is O=C(COc1ccc(OCc2ccccc2)cc1)OCc1ccccc1. The summed E-state index contributed by atoms with van der Waals surface area (Å²) >= 11 is 0. The second-order valence-electron chi connectivity index (χ2n) is 5.68. The molecule has 0 saturated heterocycles. The van der Waals surface area contributed by atoms with Gasteiger partial charge in [-0.15, -0.1) is 0 Å². The van der Waals surface area contributed by atoms with Crippen molar-refractivity contribution in [3.05, 3.63) is 96.1 Å². The molecule has 3 aromatic rings. The third-order valence-corrected chi connectivity index (χ3v) is 3.67. The number of ether oxygens (including phenoxy) is 3. The van der Waals surface area contributed by atoms with Crippen molar-refractivity contribution in [3.8, 4) is 11.5 Å². The van der Waals surface area contributed by atoms with Crippen LogP contribution in [0.15, 0.2) is 84.9 Å². The van der Waals surface area contributed by atoms with Gasteiger partial charge in [-0.05, 0) is 35.4 Å². The van der Waals surface area contributed by atoms with Gasteiger partial charge < -0.3 is 14.2 Å². The fraction of sp³-hybridized carbons (Fsp3) is 0.136. The third-order valence-electron chi connectivity index (χ3n) is 3.67. The Morgan fingerprint density at radius 3 is 1.69 bits per heavy atom. The van der Waals surface area contributed by atoms with Crippen molar-refractivity contribution in [3.63, 3.8) is 0 Å². The highest BCUT2D eigenvalue weighted by Crippen LogP contribution is 2.18. The fourth-order valence-corrected chi connectivity index (χ4v) is 2.29. The molecule has 0 radical (unpaired) electrons. The first-order valence-electron chi connectivity index (χ1n) is 8.39. The van der Waals surface area contributed by atoms with E-state index in [1.54, 1.807) is 12.1 Å². The normalized spacial score (nSPS) is 10.2. The van der Waals surface area contributed by atoms with Gasteiger partial charge in [-0.2, -0.15) is 0 Å². The van der Waals surface area contributed by atoms with Crippen LogP contribution in [0.5, 0.6) is 11.5 Å². The quantitative estimate of drug-likeness (QED) is 0.567. The molecule has 0 aliphatic carbocycles. The second kappa shape index (κ2) is 9.28. The van der Waals surface area contributed by atoms with E-state index in [-0.39, 0.29) is 13.2 Å². The van der Waals surface area contributed by atoms with Crippen molar-refractivity contribution in [2.24, 2.45) is 0 Å². The largest absolute Gasteiger partial charge is 0.489 e. The first-order valence-corrected chi connectivity index (χ1v) is 8.39. The lowest BCUT2D eigenvalue weighted by Gasteiger charge is -2.09. The zero-order valence-corrected chi connectivity index (χ0v) is 14.3. The van der Waals surface area contributed by atoms with Crippen molar-refractivity contribution in [2.75, 3.05) is 6.61 Å². The van der Waals surface area contributed by atoms with Gasteiger partial charge in [0.15, 0.2) is 6.61 Å². The van der Waals surface area contributed by atoms with Gasteiger partial charge in [0, 0.05) is 0 Å². The van der Waals surface area contributed by atoms with Gasteiger partial charge in [0.05, 0.1) is 0 Å². The topological polar surface area (TPSA) is 44.8 Å². The molecule has 0 N–H and O–H groups in total. The lowest BCUT2D eigenvalue weighted by molar-refractivity contribution is -0.147. The molecular weight excluding hydrogens is 328 g/mol. The summed E-state index contributed by atoms with van der Waals surface area (Å²) in [5.74, 6) is 0.930. The van der Waals surface area contributed by atoms with Crippen LogP contribution in [0.4, 0.5) is 0 Å². The zero-order chi connectivity index (χ0) is 18.0. The van der Waals surface area contributed by atoms with Crippen molar-refractivity contribution >= 4 is 5.97 Å². The van der Waals surface area contributed by atoms with E-state index in [1.807, 2.05) is 72.8 Å². The Kier molecular flexibility index (Phi) is 6.26. The van der Waals surface area contributed by atoms with Gasteiger partial charge in [0.1, 0.15) is 24.7 Å². The summed E-state index contributed by atoms with van der Waals surface area (Å²) in [6, 6.07) is 26.7. The summed E-state index contributed by atoms with van der Waals surface area (Å²) in [6.07, 6.45) is 0. The maximum Gasteiger partial charge on any atom is 0.344 e. The van der Waals surface area contributed by atoms with Crippen LogP contribution < -0.4 is 9.47 Å². The fourth-order valence-electron chi connectivity index (χ4n) is 2.29. The minimum absolute atomic E-state index is 0.128. The molecule has 0 saturated carbocycles. The molecule has 0 aromatic heterocycles. The molecule has 0 aliphatic heterocycles. The number of benzene rings is 3. The molecule has 0 aliphatic rings. The van der Waals surface area contributed by atoms with Gasteiger partial charge in [-0.1, -0.05) is 60.7 Å². The molecule has 0 amide bonds. The van der Waals surface area contributed by atoms with Crippen LogP contribution in [0.2, 0.25) is 0 Å². The van der Waals surface area contributed by atoms with Gasteiger partial charge in [0.2, 0.25) is 0 Å². The van der Waals surface area contributed by atoms with E-state index in [4.69, 9.17) is 14.2 Å². The number of carbonyl (C=O) groups excluding carboxylic acids is 1. The lowest BCUT2D eigenvalue weighted by atomic mass is 10.2. The van der Waals surface area contributed by atoms with Crippen molar-refractivity contribution in [1.29, 1.82) is 0 Å². The Bertz CT molecular complexity index is 799. The highest BCUT2D eigenvalue weighted by atomic mass is 16.6. The number of hydrogen-bond acceptors (Lipinski definition) is 4. The molecule has 0 heterocycles. The number of hydrogen-bond donors (Lipinski definition) is 0. The smallest absolute Gasteiger partial charge is 0.344 e. The summed E-state index contributed by atoms with van der Waals surface area (Å²) < 4.78 is 16.3. The monoisotopic (exact) mass is 348 g/mol. The summed E-state index contributed by atoms with van der Waals surface area (Å²) in [5, 5.41) is 0. The van der Waals surface area contributed by atoms with E-state index in [0.29, 0.717) is 12.4 Å². The minimum atomic E-state index is -0.404. The second-order valence-corrected chi connectivity index (χ2v) is 5.68. The van der Waals surface area contributed by atoms with E-state index in [9.17, 15) is 4.79 Å². The Morgan fingerprint density at radius 1 is 0.615 bits per heavy atom.